The molecule has 1 aromatic carbocycles. The molecule has 0 heterocycles. The van der Waals surface area contributed by atoms with Crippen molar-refractivity contribution >= 4 is 11.9 Å². The van der Waals surface area contributed by atoms with E-state index in [1.54, 1.807) is 0 Å². The first-order valence-corrected chi connectivity index (χ1v) is 6.30. The number of methoxy groups -OCH3 is 1. The number of hydrogen-bond acceptors (Lipinski definition) is 5. The Bertz CT molecular complexity index is 436. The molecule has 0 spiro atoms. The van der Waals surface area contributed by atoms with Gasteiger partial charge in [-0.25, -0.2) is 4.79 Å². The van der Waals surface area contributed by atoms with Crippen LogP contribution in [0.5, 0.6) is 0 Å². The van der Waals surface area contributed by atoms with Gasteiger partial charge in [0.05, 0.1) is 20.3 Å². The van der Waals surface area contributed by atoms with E-state index < -0.39 is 24.0 Å². The molecule has 0 bridgehead atoms. The van der Waals surface area contributed by atoms with Gasteiger partial charge in [0.15, 0.2) is 0 Å². The van der Waals surface area contributed by atoms with Crippen molar-refractivity contribution in [1.82, 2.24) is 5.32 Å². The SMILES string of the molecule is COC(=O)C(C)NC(=O)C(N)COCc1ccccc1. The Balaban J connectivity index is 2.30. The first-order valence-electron chi connectivity index (χ1n) is 6.30. The highest BCUT2D eigenvalue weighted by molar-refractivity contribution is 5.87. The number of carbonyl (C=O) groups is 2. The lowest BCUT2D eigenvalue weighted by atomic mass is 10.2. The first-order chi connectivity index (χ1) is 9.54. The van der Waals surface area contributed by atoms with E-state index in [9.17, 15) is 9.59 Å². The molecule has 2 unspecified atom stereocenters. The van der Waals surface area contributed by atoms with Crippen LogP contribution in [0.4, 0.5) is 0 Å². The highest BCUT2D eigenvalue weighted by Crippen LogP contribution is 2.00. The van der Waals surface area contributed by atoms with Crippen LogP contribution in [0.25, 0.3) is 0 Å². The summed E-state index contributed by atoms with van der Waals surface area (Å²) in [6.07, 6.45) is 0. The van der Waals surface area contributed by atoms with Crippen molar-refractivity contribution in [2.45, 2.75) is 25.6 Å². The van der Waals surface area contributed by atoms with Gasteiger partial charge in [-0.15, -0.1) is 0 Å². The summed E-state index contributed by atoms with van der Waals surface area (Å²) in [5.74, 6) is -0.966. The zero-order valence-electron chi connectivity index (χ0n) is 11.7. The maximum Gasteiger partial charge on any atom is 0.328 e. The third-order valence-electron chi connectivity index (χ3n) is 2.66. The molecule has 20 heavy (non-hydrogen) atoms. The Morgan fingerprint density at radius 2 is 1.95 bits per heavy atom. The van der Waals surface area contributed by atoms with Crippen molar-refractivity contribution in [2.75, 3.05) is 13.7 Å². The van der Waals surface area contributed by atoms with Crippen molar-refractivity contribution in [1.29, 1.82) is 0 Å². The Labute approximate surface area is 118 Å². The van der Waals surface area contributed by atoms with Crippen molar-refractivity contribution in [3.05, 3.63) is 35.9 Å². The van der Waals surface area contributed by atoms with Crippen molar-refractivity contribution < 1.29 is 19.1 Å². The summed E-state index contributed by atoms with van der Waals surface area (Å²) in [5.41, 5.74) is 6.68. The second-order valence-corrected chi connectivity index (χ2v) is 4.36. The average Bonchev–Trinajstić information content (AvgIpc) is 2.47. The van der Waals surface area contributed by atoms with Crippen LogP contribution < -0.4 is 11.1 Å². The van der Waals surface area contributed by atoms with Crippen molar-refractivity contribution in [2.24, 2.45) is 5.73 Å². The molecule has 1 aromatic rings. The predicted octanol–water partition coefficient (Wildman–Crippen LogP) is 0.208. The molecule has 0 radical (unpaired) electrons. The van der Waals surface area contributed by atoms with Gasteiger partial charge in [0.2, 0.25) is 5.91 Å². The maximum absolute atomic E-state index is 11.7. The predicted molar refractivity (Wildman–Crippen MR) is 73.7 cm³/mol. The third-order valence-corrected chi connectivity index (χ3v) is 2.66. The summed E-state index contributed by atoms with van der Waals surface area (Å²) in [6.45, 7) is 1.99. The lowest BCUT2D eigenvalue weighted by Gasteiger charge is -2.16. The third kappa shape index (κ3) is 5.38. The number of ether oxygens (including phenoxy) is 2. The topological polar surface area (TPSA) is 90.7 Å². The first kappa shape index (κ1) is 16.1. The molecule has 6 nitrogen and oxygen atoms in total. The van der Waals surface area contributed by atoms with E-state index in [4.69, 9.17) is 10.5 Å². The number of esters is 1. The molecule has 0 aliphatic rings. The van der Waals surface area contributed by atoms with Crippen LogP contribution in [0, 0.1) is 0 Å². The fraction of sp³-hybridized carbons (Fsp3) is 0.429. The van der Waals surface area contributed by atoms with E-state index in [2.05, 4.69) is 10.1 Å². The summed E-state index contributed by atoms with van der Waals surface area (Å²) in [6, 6.07) is 8.01. The second kappa shape index (κ2) is 8.29. The van der Waals surface area contributed by atoms with Crippen LogP contribution in [-0.4, -0.2) is 37.7 Å². The summed E-state index contributed by atoms with van der Waals surface area (Å²) in [4.78, 5) is 22.9. The van der Waals surface area contributed by atoms with Crippen LogP contribution in [-0.2, 0) is 25.7 Å². The second-order valence-electron chi connectivity index (χ2n) is 4.36. The normalized spacial score (nSPS) is 13.3. The molecule has 0 aromatic heterocycles. The van der Waals surface area contributed by atoms with E-state index in [-0.39, 0.29) is 6.61 Å². The van der Waals surface area contributed by atoms with Gasteiger partial charge in [-0.1, -0.05) is 30.3 Å². The summed E-state index contributed by atoms with van der Waals surface area (Å²) >= 11 is 0. The average molecular weight is 280 g/mol. The number of carbonyl (C=O) groups excluding carboxylic acids is 2. The summed E-state index contributed by atoms with van der Waals surface area (Å²) in [7, 11) is 1.26. The van der Waals surface area contributed by atoms with Gasteiger partial charge >= 0.3 is 5.97 Å². The highest BCUT2D eigenvalue weighted by Gasteiger charge is 2.20. The Morgan fingerprint density at radius 1 is 1.30 bits per heavy atom. The Kier molecular flexibility index (Phi) is 6.69. The van der Waals surface area contributed by atoms with Gasteiger partial charge in [0.25, 0.3) is 0 Å². The molecule has 6 heteroatoms. The minimum absolute atomic E-state index is 0.0780. The maximum atomic E-state index is 11.7. The quantitative estimate of drug-likeness (QED) is 0.697. The molecular formula is C14H20N2O4. The molecule has 110 valence electrons. The monoisotopic (exact) mass is 280 g/mol. The highest BCUT2D eigenvalue weighted by atomic mass is 16.5. The van der Waals surface area contributed by atoms with Crippen molar-refractivity contribution in [3.63, 3.8) is 0 Å². The van der Waals surface area contributed by atoms with E-state index in [1.165, 1.54) is 14.0 Å². The van der Waals surface area contributed by atoms with Crippen molar-refractivity contribution in [3.8, 4) is 0 Å². The summed E-state index contributed by atoms with van der Waals surface area (Å²) < 4.78 is 9.87. The van der Waals surface area contributed by atoms with E-state index in [0.717, 1.165) is 5.56 Å². The molecular weight excluding hydrogens is 260 g/mol. The fourth-order valence-corrected chi connectivity index (χ4v) is 1.51. The molecule has 3 N–H and O–H groups in total. The number of amides is 1. The zero-order valence-corrected chi connectivity index (χ0v) is 11.7. The number of benzene rings is 1. The number of nitrogens with two attached hydrogens (primary N) is 1. The molecule has 1 amide bonds. The largest absolute Gasteiger partial charge is 0.467 e. The van der Waals surface area contributed by atoms with Gasteiger partial charge < -0.3 is 20.5 Å². The van der Waals surface area contributed by atoms with Gasteiger partial charge in [-0.3, -0.25) is 4.79 Å². The van der Waals surface area contributed by atoms with Gasteiger partial charge in [0.1, 0.15) is 12.1 Å². The smallest absolute Gasteiger partial charge is 0.328 e. The Morgan fingerprint density at radius 3 is 2.55 bits per heavy atom. The summed E-state index contributed by atoms with van der Waals surface area (Å²) in [5, 5.41) is 2.46. The molecule has 1 rings (SSSR count). The lowest BCUT2D eigenvalue weighted by Crippen LogP contribution is -2.49. The van der Waals surface area contributed by atoms with E-state index in [0.29, 0.717) is 6.61 Å². The number of rotatable bonds is 7. The van der Waals surface area contributed by atoms with Gasteiger partial charge in [-0.2, -0.15) is 0 Å². The Hall–Kier alpha value is -1.92. The van der Waals surface area contributed by atoms with E-state index in [1.807, 2.05) is 30.3 Å². The van der Waals surface area contributed by atoms with Gasteiger partial charge in [-0.05, 0) is 12.5 Å². The van der Waals surface area contributed by atoms with Crippen LogP contribution in [0.3, 0.4) is 0 Å². The van der Waals surface area contributed by atoms with E-state index >= 15 is 0 Å². The van der Waals surface area contributed by atoms with Crippen LogP contribution >= 0.6 is 0 Å². The molecule has 2 atom stereocenters. The van der Waals surface area contributed by atoms with Gasteiger partial charge in [0, 0.05) is 0 Å². The van der Waals surface area contributed by atoms with Crippen LogP contribution in [0.15, 0.2) is 30.3 Å². The molecule has 0 saturated heterocycles. The molecule has 0 aliphatic heterocycles. The number of hydrogen-bond donors (Lipinski definition) is 2. The van der Waals surface area contributed by atoms with Crippen LogP contribution in [0.1, 0.15) is 12.5 Å². The minimum atomic E-state index is -0.828. The molecule has 0 fully saturated rings. The molecule has 0 aliphatic carbocycles. The minimum Gasteiger partial charge on any atom is -0.467 e. The zero-order chi connectivity index (χ0) is 15.0. The number of nitrogens with one attached hydrogen (secondary N) is 1. The fourth-order valence-electron chi connectivity index (χ4n) is 1.51. The van der Waals surface area contributed by atoms with Crippen LogP contribution in [0.2, 0.25) is 0 Å². The molecule has 0 saturated carbocycles. The standard InChI is InChI=1S/C14H20N2O4/c1-10(14(18)19-2)16-13(17)12(15)9-20-8-11-6-4-3-5-7-11/h3-7,10,12H,8-9,15H2,1-2H3,(H,16,17). The lowest BCUT2D eigenvalue weighted by molar-refractivity contribution is -0.144.